The van der Waals surface area contributed by atoms with Crippen LogP contribution in [0.3, 0.4) is 0 Å². The third-order valence-electron chi connectivity index (χ3n) is 1.98. The van der Waals surface area contributed by atoms with Gasteiger partial charge < -0.3 is 0 Å². The fraction of sp³-hybridized carbons (Fsp3) is 0.364. The molecule has 2 heteroatoms. The molecule has 0 saturated carbocycles. The van der Waals surface area contributed by atoms with Crippen LogP contribution in [-0.4, -0.2) is 0 Å². The molecule has 0 amide bonds. The molecule has 0 bridgehead atoms. The van der Waals surface area contributed by atoms with E-state index in [0.717, 1.165) is 19.3 Å². The van der Waals surface area contributed by atoms with Crippen LogP contribution in [0.5, 0.6) is 0 Å². The summed E-state index contributed by atoms with van der Waals surface area (Å²) >= 11 is 5.86. The Bertz CT molecular complexity index is 251. The molecule has 1 aromatic rings. The van der Waals surface area contributed by atoms with Crippen molar-refractivity contribution in [2.45, 2.75) is 26.2 Å². The van der Waals surface area contributed by atoms with Crippen LogP contribution in [0.4, 0.5) is 4.39 Å². The molecular formula is C11H13ClF. The Labute approximate surface area is 83.7 Å². The summed E-state index contributed by atoms with van der Waals surface area (Å²) < 4.78 is 13.2. The normalized spacial score (nSPS) is 10.4. The SMILES string of the molecule is C[CH]CCCc1c(F)cccc1Cl. The smallest absolute Gasteiger partial charge is 0.127 e. The number of unbranched alkanes of at least 4 members (excludes halogenated alkanes) is 2. The van der Waals surface area contributed by atoms with Crippen LogP contribution >= 0.6 is 11.6 Å². The number of hydrogen-bond acceptors (Lipinski definition) is 0. The predicted molar refractivity (Wildman–Crippen MR) is 54.3 cm³/mol. The molecule has 0 N–H and O–H groups in total. The van der Waals surface area contributed by atoms with Gasteiger partial charge in [-0.3, -0.25) is 0 Å². The van der Waals surface area contributed by atoms with Crippen LogP contribution < -0.4 is 0 Å². The lowest BCUT2D eigenvalue weighted by Gasteiger charge is -2.04. The molecule has 0 aromatic heterocycles. The van der Waals surface area contributed by atoms with Gasteiger partial charge >= 0.3 is 0 Å². The van der Waals surface area contributed by atoms with Crippen molar-refractivity contribution < 1.29 is 4.39 Å². The van der Waals surface area contributed by atoms with Gasteiger partial charge in [-0.05, 0) is 31.4 Å². The second-order valence-corrected chi connectivity index (χ2v) is 3.41. The zero-order valence-electron chi connectivity index (χ0n) is 7.69. The second kappa shape index (κ2) is 5.23. The second-order valence-electron chi connectivity index (χ2n) is 3.00. The van der Waals surface area contributed by atoms with Crippen LogP contribution in [0.1, 0.15) is 25.3 Å². The third kappa shape index (κ3) is 3.00. The van der Waals surface area contributed by atoms with Gasteiger partial charge in [0, 0.05) is 10.6 Å². The predicted octanol–water partition coefficient (Wildman–Crippen LogP) is 4.03. The minimum atomic E-state index is -0.191. The van der Waals surface area contributed by atoms with Crippen molar-refractivity contribution in [1.29, 1.82) is 0 Å². The summed E-state index contributed by atoms with van der Waals surface area (Å²) in [7, 11) is 0. The highest BCUT2D eigenvalue weighted by atomic mass is 35.5. The number of hydrogen-bond donors (Lipinski definition) is 0. The highest BCUT2D eigenvalue weighted by Gasteiger charge is 2.05. The van der Waals surface area contributed by atoms with E-state index in [9.17, 15) is 4.39 Å². The van der Waals surface area contributed by atoms with E-state index in [1.807, 2.05) is 6.92 Å². The van der Waals surface area contributed by atoms with Crippen molar-refractivity contribution >= 4 is 11.6 Å². The van der Waals surface area contributed by atoms with Crippen LogP contribution in [-0.2, 0) is 6.42 Å². The van der Waals surface area contributed by atoms with E-state index in [2.05, 4.69) is 6.42 Å². The molecule has 1 rings (SSSR count). The van der Waals surface area contributed by atoms with Gasteiger partial charge in [0.1, 0.15) is 5.82 Å². The van der Waals surface area contributed by atoms with E-state index in [0.29, 0.717) is 10.6 Å². The van der Waals surface area contributed by atoms with E-state index in [1.165, 1.54) is 6.07 Å². The van der Waals surface area contributed by atoms with E-state index in [4.69, 9.17) is 11.6 Å². The highest BCUT2D eigenvalue weighted by molar-refractivity contribution is 6.31. The average molecular weight is 200 g/mol. The molecule has 0 spiro atoms. The monoisotopic (exact) mass is 199 g/mol. The summed E-state index contributed by atoms with van der Waals surface area (Å²) in [4.78, 5) is 0. The van der Waals surface area contributed by atoms with E-state index >= 15 is 0 Å². The van der Waals surface area contributed by atoms with Crippen molar-refractivity contribution in [3.8, 4) is 0 Å². The van der Waals surface area contributed by atoms with E-state index in [-0.39, 0.29) is 5.82 Å². The molecule has 13 heavy (non-hydrogen) atoms. The fourth-order valence-electron chi connectivity index (χ4n) is 1.25. The molecule has 0 atom stereocenters. The maximum absolute atomic E-state index is 13.2. The summed E-state index contributed by atoms with van der Waals surface area (Å²) in [6.07, 6.45) is 4.76. The number of halogens is 2. The summed E-state index contributed by atoms with van der Waals surface area (Å²) in [6.45, 7) is 2.00. The number of benzene rings is 1. The Morgan fingerprint density at radius 2 is 2.23 bits per heavy atom. The van der Waals surface area contributed by atoms with Gasteiger partial charge in [0.2, 0.25) is 0 Å². The lowest BCUT2D eigenvalue weighted by molar-refractivity contribution is 0.604. The van der Waals surface area contributed by atoms with Crippen LogP contribution in [0.2, 0.25) is 5.02 Å². The summed E-state index contributed by atoms with van der Waals surface area (Å²) in [5.41, 5.74) is 0.644. The van der Waals surface area contributed by atoms with Crippen molar-refractivity contribution in [3.63, 3.8) is 0 Å². The minimum absolute atomic E-state index is 0.191. The zero-order valence-corrected chi connectivity index (χ0v) is 8.44. The van der Waals surface area contributed by atoms with Crippen molar-refractivity contribution in [1.82, 2.24) is 0 Å². The maximum Gasteiger partial charge on any atom is 0.127 e. The molecule has 0 nitrogen and oxygen atoms in total. The van der Waals surface area contributed by atoms with Crippen LogP contribution in [0.15, 0.2) is 18.2 Å². The summed E-state index contributed by atoms with van der Waals surface area (Å²) in [6, 6.07) is 4.82. The molecule has 0 aliphatic carbocycles. The highest BCUT2D eigenvalue weighted by Crippen LogP contribution is 2.20. The van der Waals surface area contributed by atoms with Crippen molar-refractivity contribution in [3.05, 3.63) is 41.0 Å². The molecule has 0 saturated heterocycles. The molecule has 1 radical (unpaired) electrons. The van der Waals surface area contributed by atoms with Gasteiger partial charge in [0.25, 0.3) is 0 Å². The fourth-order valence-corrected chi connectivity index (χ4v) is 1.51. The Balaban J connectivity index is 2.64. The number of rotatable bonds is 4. The third-order valence-corrected chi connectivity index (χ3v) is 2.34. The zero-order chi connectivity index (χ0) is 9.68. The lowest BCUT2D eigenvalue weighted by atomic mass is 10.1. The molecule has 71 valence electrons. The molecule has 0 aliphatic heterocycles. The van der Waals surface area contributed by atoms with Gasteiger partial charge in [0.05, 0.1) is 0 Å². The first-order chi connectivity index (χ1) is 6.25. The molecular weight excluding hydrogens is 187 g/mol. The van der Waals surface area contributed by atoms with Crippen LogP contribution in [0, 0.1) is 12.2 Å². The van der Waals surface area contributed by atoms with E-state index < -0.39 is 0 Å². The molecule has 0 unspecified atom stereocenters. The topological polar surface area (TPSA) is 0 Å². The first-order valence-corrected chi connectivity index (χ1v) is 4.84. The van der Waals surface area contributed by atoms with E-state index in [1.54, 1.807) is 12.1 Å². The van der Waals surface area contributed by atoms with Gasteiger partial charge in [-0.2, -0.15) is 0 Å². The standard InChI is InChI=1S/C11H13ClF/c1-2-3-4-6-9-10(12)7-5-8-11(9)13/h2,5,7-8H,3-4,6H2,1H3. The summed E-state index contributed by atoms with van der Waals surface area (Å²) in [5.74, 6) is -0.191. The van der Waals surface area contributed by atoms with Crippen LogP contribution in [0.25, 0.3) is 0 Å². The molecule has 0 fully saturated rings. The lowest BCUT2D eigenvalue weighted by Crippen LogP contribution is -1.91. The minimum Gasteiger partial charge on any atom is -0.207 e. The van der Waals surface area contributed by atoms with Crippen molar-refractivity contribution in [2.24, 2.45) is 0 Å². The van der Waals surface area contributed by atoms with Gasteiger partial charge in [-0.1, -0.05) is 31.0 Å². The van der Waals surface area contributed by atoms with Gasteiger partial charge in [-0.15, -0.1) is 0 Å². The largest absolute Gasteiger partial charge is 0.207 e. The Hall–Kier alpha value is -0.560. The quantitative estimate of drug-likeness (QED) is 0.643. The molecule has 0 aliphatic rings. The Morgan fingerprint density at radius 3 is 2.85 bits per heavy atom. The average Bonchev–Trinajstić information content (AvgIpc) is 2.10. The Morgan fingerprint density at radius 1 is 1.46 bits per heavy atom. The maximum atomic E-state index is 13.2. The first kappa shape index (κ1) is 10.5. The molecule has 0 heterocycles. The van der Waals surface area contributed by atoms with Gasteiger partial charge in [-0.25, -0.2) is 4.39 Å². The molecule has 1 aromatic carbocycles. The van der Waals surface area contributed by atoms with Gasteiger partial charge in [0.15, 0.2) is 0 Å². The van der Waals surface area contributed by atoms with Crippen molar-refractivity contribution in [2.75, 3.05) is 0 Å². The Kier molecular flexibility index (Phi) is 4.23. The first-order valence-electron chi connectivity index (χ1n) is 4.46. The summed E-state index contributed by atoms with van der Waals surface area (Å²) in [5, 5.41) is 0.538.